The molecule has 0 atom stereocenters. The summed E-state index contributed by atoms with van der Waals surface area (Å²) in [7, 11) is -1.35. The fourth-order valence-corrected chi connectivity index (χ4v) is 3.29. The maximum atomic E-state index is 12.6. The van der Waals surface area contributed by atoms with Gasteiger partial charge in [0.25, 0.3) is 5.69 Å². The van der Waals surface area contributed by atoms with Gasteiger partial charge in [-0.15, -0.1) is 0 Å². The van der Waals surface area contributed by atoms with E-state index in [4.69, 9.17) is 9.05 Å². The van der Waals surface area contributed by atoms with Crippen LogP contribution in [0.25, 0.3) is 11.1 Å². The van der Waals surface area contributed by atoms with Crippen LogP contribution < -0.4 is 5.44 Å². The highest BCUT2D eigenvalue weighted by Gasteiger charge is 2.34. The smallest absolute Gasteiger partial charge is 0.308 e. The number of hydrogen-bond donors (Lipinski definition) is 1. The van der Waals surface area contributed by atoms with Crippen LogP contribution in [0.1, 0.15) is 17.4 Å². The molecule has 1 N–H and O–H groups in total. The molecular weight excluding hydrogens is 325 g/mol. The second kappa shape index (κ2) is 6.41. The quantitative estimate of drug-likeness (QED) is 0.370. The molecule has 0 saturated carbocycles. The number of non-ortho nitro benzene ring substituents is 1. The molecule has 0 saturated heterocycles. The van der Waals surface area contributed by atoms with Crippen molar-refractivity contribution < 1.29 is 23.3 Å². The zero-order chi connectivity index (χ0) is 17.2. The fourth-order valence-electron chi connectivity index (χ4n) is 2.09. The highest BCUT2D eigenvalue weighted by Crippen LogP contribution is 2.47. The minimum atomic E-state index is -3.73. The van der Waals surface area contributed by atoms with E-state index in [0.717, 1.165) is 0 Å². The number of nitro benzene ring substituents is 1. The highest BCUT2D eigenvalue weighted by molar-refractivity contribution is 7.62. The van der Waals surface area contributed by atoms with Gasteiger partial charge in [0.15, 0.2) is 11.2 Å². The molecule has 0 aliphatic heterocycles. The summed E-state index contributed by atoms with van der Waals surface area (Å²) in [5.74, 6) is -0.396. The maximum Gasteiger partial charge on any atom is 0.379 e. The van der Waals surface area contributed by atoms with E-state index >= 15 is 0 Å². The van der Waals surface area contributed by atoms with Gasteiger partial charge < -0.3 is 9.05 Å². The Morgan fingerprint density at radius 3 is 2.52 bits per heavy atom. The second-order valence-electron chi connectivity index (χ2n) is 4.52. The molecule has 9 nitrogen and oxygen atoms in total. The van der Waals surface area contributed by atoms with Crippen molar-refractivity contribution in [1.82, 2.24) is 10.2 Å². The van der Waals surface area contributed by atoms with Gasteiger partial charge in [0.05, 0.1) is 4.92 Å². The largest absolute Gasteiger partial charge is 0.379 e. The first-order chi connectivity index (χ1) is 10.8. The number of ketones is 1. The summed E-state index contributed by atoms with van der Waals surface area (Å²) in [6, 6.07) is 5.57. The normalized spacial score (nSPS) is 11.4. The lowest BCUT2D eigenvalue weighted by Crippen LogP contribution is -2.12. The average molecular weight is 339 g/mol. The number of hydrogen-bond acceptors (Lipinski definition) is 7. The molecular formula is C13H14N3O6P. The van der Waals surface area contributed by atoms with Crippen LogP contribution in [0.3, 0.4) is 0 Å². The number of carbonyl (C=O) groups is 1. The standard InChI is InChI=1S/C13H14N3O6P/c1-8(17)12-11(9-5-4-6-10(7-9)16(18)19)13(15-14-12)23(20,21-2)22-3/h4-7H,1-3H3,(H,14,15). The predicted octanol–water partition coefficient (Wildman–Crippen LogP) is 2.30. The van der Waals surface area contributed by atoms with Gasteiger partial charge in [-0.25, -0.2) is 0 Å². The highest BCUT2D eigenvalue weighted by atomic mass is 31.2. The Balaban J connectivity index is 2.76. The molecule has 0 aliphatic carbocycles. The molecule has 1 aromatic carbocycles. The number of aromatic nitrogens is 2. The second-order valence-corrected chi connectivity index (χ2v) is 6.69. The van der Waals surface area contributed by atoms with Crippen LogP contribution >= 0.6 is 7.60 Å². The number of carbonyl (C=O) groups excluding carboxylic acids is 1. The van der Waals surface area contributed by atoms with Crippen molar-refractivity contribution in [2.45, 2.75) is 6.92 Å². The van der Waals surface area contributed by atoms with Gasteiger partial charge in [-0.05, 0) is 5.56 Å². The average Bonchev–Trinajstić information content (AvgIpc) is 3.00. The number of benzene rings is 1. The molecule has 0 fully saturated rings. The Morgan fingerprint density at radius 2 is 2.00 bits per heavy atom. The zero-order valence-electron chi connectivity index (χ0n) is 12.6. The van der Waals surface area contributed by atoms with E-state index in [-0.39, 0.29) is 22.4 Å². The monoisotopic (exact) mass is 339 g/mol. The van der Waals surface area contributed by atoms with E-state index in [1.807, 2.05) is 0 Å². The lowest BCUT2D eigenvalue weighted by atomic mass is 10.0. The number of nitrogens with one attached hydrogen (secondary N) is 1. The third kappa shape index (κ3) is 3.07. The first-order valence-electron chi connectivity index (χ1n) is 6.40. The van der Waals surface area contributed by atoms with E-state index in [0.29, 0.717) is 5.56 Å². The third-order valence-electron chi connectivity index (χ3n) is 3.18. The van der Waals surface area contributed by atoms with E-state index in [1.54, 1.807) is 6.07 Å². The minimum Gasteiger partial charge on any atom is -0.308 e. The lowest BCUT2D eigenvalue weighted by molar-refractivity contribution is -0.384. The zero-order valence-corrected chi connectivity index (χ0v) is 13.5. The van der Waals surface area contributed by atoms with Gasteiger partial charge >= 0.3 is 7.60 Å². The number of nitrogens with zero attached hydrogens (tertiary/aromatic N) is 2. The first kappa shape index (κ1) is 17.0. The Labute approximate surface area is 131 Å². The van der Waals surface area contributed by atoms with Crippen LogP contribution in [0.4, 0.5) is 5.69 Å². The Morgan fingerprint density at radius 1 is 1.35 bits per heavy atom. The summed E-state index contributed by atoms with van der Waals surface area (Å²) >= 11 is 0. The van der Waals surface area contributed by atoms with Gasteiger partial charge in [-0.3, -0.25) is 24.6 Å². The molecule has 0 amide bonds. The Hall–Kier alpha value is -2.35. The van der Waals surface area contributed by atoms with Crippen LogP contribution in [-0.2, 0) is 13.6 Å². The third-order valence-corrected chi connectivity index (χ3v) is 5.01. The van der Waals surface area contributed by atoms with Gasteiger partial charge in [0.1, 0.15) is 5.69 Å². The summed E-state index contributed by atoms with van der Waals surface area (Å²) in [6.07, 6.45) is 0. The van der Waals surface area contributed by atoms with Crippen LogP contribution in [0.2, 0.25) is 0 Å². The van der Waals surface area contributed by atoms with Crippen molar-refractivity contribution in [3.8, 4) is 11.1 Å². The SMILES string of the molecule is COP(=O)(OC)c1[nH]nc(C(C)=O)c1-c1cccc([N+](=O)[O-])c1. The van der Waals surface area contributed by atoms with Gasteiger partial charge in [-0.1, -0.05) is 12.1 Å². The molecule has 122 valence electrons. The number of H-pyrrole nitrogens is 1. The summed E-state index contributed by atoms with van der Waals surface area (Å²) in [6.45, 7) is 1.28. The van der Waals surface area contributed by atoms with Crippen LogP contribution in [0.15, 0.2) is 24.3 Å². The van der Waals surface area contributed by atoms with Gasteiger partial charge in [0, 0.05) is 38.8 Å². The van der Waals surface area contributed by atoms with Crippen molar-refractivity contribution in [3.63, 3.8) is 0 Å². The van der Waals surface area contributed by atoms with Crippen molar-refractivity contribution in [2.24, 2.45) is 0 Å². The summed E-state index contributed by atoms with van der Waals surface area (Å²) < 4.78 is 22.5. The van der Waals surface area contributed by atoms with E-state index in [9.17, 15) is 19.5 Å². The Bertz CT molecular complexity index is 808. The molecule has 2 rings (SSSR count). The fraction of sp³-hybridized carbons (Fsp3) is 0.231. The summed E-state index contributed by atoms with van der Waals surface area (Å²) in [4.78, 5) is 22.2. The van der Waals surface area contributed by atoms with Crippen LogP contribution in [0.5, 0.6) is 0 Å². The number of Topliss-reactive ketones (excluding diaryl/α,β-unsaturated/α-hetero) is 1. The number of aromatic amines is 1. The maximum absolute atomic E-state index is 12.6. The molecule has 0 spiro atoms. The van der Waals surface area contributed by atoms with Crippen molar-refractivity contribution in [2.75, 3.05) is 14.2 Å². The molecule has 2 aromatic rings. The van der Waals surface area contributed by atoms with Crippen LogP contribution in [-0.4, -0.2) is 35.1 Å². The summed E-state index contributed by atoms with van der Waals surface area (Å²) in [5.41, 5.74) is 0.257. The van der Waals surface area contributed by atoms with Crippen molar-refractivity contribution >= 4 is 24.5 Å². The molecule has 0 unspecified atom stereocenters. The molecule has 1 aromatic heterocycles. The minimum absolute atomic E-state index is 0.00479. The van der Waals surface area contributed by atoms with Crippen molar-refractivity contribution in [1.29, 1.82) is 0 Å². The molecule has 1 heterocycles. The topological polar surface area (TPSA) is 124 Å². The molecule has 0 aliphatic rings. The molecule has 10 heteroatoms. The van der Waals surface area contributed by atoms with Crippen LogP contribution in [0, 0.1) is 10.1 Å². The Kier molecular flexibility index (Phi) is 4.74. The number of nitro groups is 1. The molecule has 0 radical (unpaired) electrons. The summed E-state index contributed by atoms with van der Waals surface area (Å²) in [5, 5.41) is 17.3. The van der Waals surface area contributed by atoms with Crippen molar-refractivity contribution in [3.05, 3.63) is 40.1 Å². The first-order valence-corrected chi connectivity index (χ1v) is 7.94. The van der Waals surface area contributed by atoms with Gasteiger partial charge in [-0.2, -0.15) is 5.10 Å². The van der Waals surface area contributed by atoms with Gasteiger partial charge in [0.2, 0.25) is 0 Å². The van der Waals surface area contributed by atoms with E-state index in [1.165, 1.54) is 39.3 Å². The lowest BCUT2D eigenvalue weighted by Gasteiger charge is -2.13. The van der Waals surface area contributed by atoms with E-state index < -0.39 is 18.3 Å². The number of rotatable bonds is 6. The molecule has 23 heavy (non-hydrogen) atoms. The molecule has 0 bridgehead atoms. The van der Waals surface area contributed by atoms with E-state index in [2.05, 4.69) is 10.2 Å². The predicted molar refractivity (Wildman–Crippen MR) is 81.9 cm³/mol.